The number of rotatable bonds is 55. The van der Waals surface area contributed by atoms with Gasteiger partial charge in [0.25, 0.3) is 0 Å². The van der Waals surface area contributed by atoms with E-state index >= 15 is 0 Å². The predicted molar refractivity (Wildman–Crippen MR) is 298 cm³/mol. The van der Waals surface area contributed by atoms with Gasteiger partial charge in [0.05, 0.1) is 0 Å². The highest BCUT2D eigenvalue weighted by Crippen LogP contribution is 2.17. The number of carbonyl (C=O) groups is 3. The van der Waals surface area contributed by atoms with Crippen molar-refractivity contribution in [2.75, 3.05) is 13.2 Å². The van der Waals surface area contributed by atoms with Crippen molar-refractivity contribution in [3.05, 3.63) is 48.6 Å². The molecule has 69 heavy (non-hydrogen) atoms. The number of unbranched alkanes of at least 4 members (excludes halogenated alkanes) is 36. The Morgan fingerprint density at radius 3 is 0.826 bits per heavy atom. The van der Waals surface area contributed by atoms with Crippen LogP contribution in [0.2, 0.25) is 0 Å². The van der Waals surface area contributed by atoms with Gasteiger partial charge in [-0.25, -0.2) is 0 Å². The summed E-state index contributed by atoms with van der Waals surface area (Å²) in [6.07, 6.45) is 71.0. The SMILES string of the molecule is CCCCC/C=C\C/C=C\CCCCCCCCCC(=O)OC[C@H](COC(=O)CCCCCCC/C=C\C/C=C\CCCCC)OC(=O)CCCCCCCCCCCCCCCCCCCCC. The largest absolute Gasteiger partial charge is 0.462 e. The molecule has 0 rings (SSSR count). The minimum atomic E-state index is -0.780. The molecule has 0 aromatic heterocycles. The molecule has 0 amide bonds. The van der Waals surface area contributed by atoms with E-state index in [1.54, 1.807) is 0 Å². The van der Waals surface area contributed by atoms with Crippen molar-refractivity contribution in [2.24, 2.45) is 0 Å². The van der Waals surface area contributed by atoms with E-state index in [2.05, 4.69) is 69.4 Å². The zero-order valence-electron chi connectivity index (χ0n) is 46.1. The predicted octanol–water partition coefficient (Wildman–Crippen LogP) is 20.2. The van der Waals surface area contributed by atoms with E-state index in [0.29, 0.717) is 19.3 Å². The van der Waals surface area contributed by atoms with Gasteiger partial charge in [0.2, 0.25) is 0 Å². The Bertz CT molecular complexity index is 1200. The van der Waals surface area contributed by atoms with Crippen LogP contribution in [0.15, 0.2) is 48.6 Å². The molecular weight excluding hydrogens is 853 g/mol. The standard InChI is InChI=1S/C63H114O6/c1-4-7-10-13-16-19-22-25-28-30-31-33-36-39-42-45-48-51-54-57-63(66)69-60(58-67-61(64)55-52-49-46-43-40-37-34-27-24-21-18-15-12-9-6-3)59-68-62(65)56-53-50-47-44-41-38-35-32-29-26-23-20-17-14-11-8-5-2/h17-18,20-21,26-27,29,34,60H,4-16,19,22-25,28,30-33,35-59H2,1-3H3/b20-17-,21-18-,29-26-,34-27-/t60-/m0/s1. The first-order valence-electron chi connectivity index (χ1n) is 30.1. The Morgan fingerprint density at radius 2 is 0.522 bits per heavy atom. The lowest BCUT2D eigenvalue weighted by molar-refractivity contribution is -0.167. The summed E-state index contributed by atoms with van der Waals surface area (Å²) in [7, 11) is 0. The summed E-state index contributed by atoms with van der Waals surface area (Å²) >= 11 is 0. The summed E-state index contributed by atoms with van der Waals surface area (Å²) in [5, 5.41) is 0. The molecule has 1 atom stereocenters. The third kappa shape index (κ3) is 56.2. The van der Waals surface area contributed by atoms with Crippen LogP contribution in [-0.4, -0.2) is 37.2 Å². The van der Waals surface area contributed by atoms with E-state index in [9.17, 15) is 14.4 Å². The quantitative estimate of drug-likeness (QED) is 0.0262. The van der Waals surface area contributed by atoms with Crippen LogP contribution in [0.5, 0.6) is 0 Å². The van der Waals surface area contributed by atoms with Crippen LogP contribution in [0.1, 0.15) is 316 Å². The van der Waals surface area contributed by atoms with Gasteiger partial charge in [-0.3, -0.25) is 14.4 Å². The fourth-order valence-electron chi connectivity index (χ4n) is 8.74. The zero-order valence-corrected chi connectivity index (χ0v) is 46.1. The van der Waals surface area contributed by atoms with E-state index in [0.717, 1.165) is 89.9 Å². The molecule has 0 bridgehead atoms. The van der Waals surface area contributed by atoms with E-state index in [-0.39, 0.29) is 31.1 Å². The molecular formula is C63H114O6. The van der Waals surface area contributed by atoms with Crippen molar-refractivity contribution in [1.82, 2.24) is 0 Å². The highest BCUT2D eigenvalue weighted by Gasteiger charge is 2.19. The van der Waals surface area contributed by atoms with Gasteiger partial charge in [-0.2, -0.15) is 0 Å². The summed E-state index contributed by atoms with van der Waals surface area (Å²) in [6, 6.07) is 0. The maximum atomic E-state index is 12.9. The van der Waals surface area contributed by atoms with Crippen LogP contribution in [0.25, 0.3) is 0 Å². The fourth-order valence-corrected chi connectivity index (χ4v) is 8.74. The minimum absolute atomic E-state index is 0.0789. The van der Waals surface area contributed by atoms with Gasteiger partial charge in [0, 0.05) is 19.3 Å². The van der Waals surface area contributed by atoms with Crippen molar-refractivity contribution in [1.29, 1.82) is 0 Å². The molecule has 0 saturated heterocycles. The second-order valence-electron chi connectivity index (χ2n) is 20.3. The molecule has 6 nitrogen and oxygen atoms in total. The summed E-state index contributed by atoms with van der Waals surface area (Å²) < 4.78 is 16.9. The Balaban J connectivity index is 4.37. The van der Waals surface area contributed by atoms with E-state index in [4.69, 9.17) is 14.2 Å². The monoisotopic (exact) mass is 967 g/mol. The highest BCUT2D eigenvalue weighted by atomic mass is 16.6. The third-order valence-corrected chi connectivity index (χ3v) is 13.3. The van der Waals surface area contributed by atoms with Crippen molar-refractivity contribution >= 4 is 17.9 Å². The first-order valence-corrected chi connectivity index (χ1v) is 30.1. The molecule has 0 spiro atoms. The first kappa shape index (κ1) is 66.4. The maximum absolute atomic E-state index is 12.9. The number of ether oxygens (including phenoxy) is 3. The van der Waals surface area contributed by atoms with Gasteiger partial charge >= 0.3 is 17.9 Å². The van der Waals surface area contributed by atoms with Gasteiger partial charge in [-0.15, -0.1) is 0 Å². The van der Waals surface area contributed by atoms with Gasteiger partial charge in [-0.05, 0) is 83.5 Å². The van der Waals surface area contributed by atoms with Crippen molar-refractivity contribution in [3.8, 4) is 0 Å². The zero-order chi connectivity index (χ0) is 50.0. The molecule has 0 unspecified atom stereocenters. The van der Waals surface area contributed by atoms with Crippen LogP contribution in [0.4, 0.5) is 0 Å². The van der Waals surface area contributed by atoms with Crippen molar-refractivity contribution in [3.63, 3.8) is 0 Å². The third-order valence-electron chi connectivity index (χ3n) is 13.3. The molecule has 0 radical (unpaired) electrons. The van der Waals surface area contributed by atoms with Gasteiger partial charge in [0.1, 0.15) is 13.2 Å². The van der Waals surface area contributed by atoms with Gasteiger partial charge < -0.3 is 14.2 Å². The molecule has 0 aliphatic rings. The Morgan fingerprint density at radius 1 is 0.290 bits per heavy atom. The molecule has 402 valence electrons. The lowest BCUT2D eigenvalue weighted by Gasteiger charge is -2.18. The van der Waals surface area contributed by atoms with Crippen LogP contribution in [0.3, 0.4) is 0 Å². The molecule has 0 heterocycles. The molecule has 0 aliphatic carbocycles. The van der Waals surface area contributed by atoms with Gasteiger partial charge in [0.15, 0.2) is 6.10 Å². The lowest BCUT2D eigenvalue weighted by atomic mass is 10.0. The summed E-state index contributed by atoms with van der Waals surface area (Å²) in [6.45, 7) is 6.61. The Hall–Kier alpha value is -2.63. The second kappa shape index (κ2) is 57.9. The van der Waals surface area contributed by atoms with Gasteiger partial charge in [-0.1, -0.05) is 262 Å². The molecule has 0 aromatic carbocycles. The molecule has 0 aromatic rings. The van der Waals surface area contributed by atoms with Crippen LogP contribution < -0.4 is 0 Å². The average Bonchev–Trinajstić information content (AvgIpc) is 3.35. The van der Waals surface area contributed by atoms with Crippen LogP contribution in [0, 0.1) is 0 Å². The number of hydrogen-bond donors (Lipinski definition) is 0. The Kier molecular flexibility index (Phi) is 55.7. The number of carbonyl (C=O) groups excluding carboxylic acids is 3. The minimum Gasteiger partial charge on any atom is -0.462 e. The normalized spacial score (nSPS) is 12.3. The summed E-state index contributed by atoms with van der Waals surface area (Å²) in [4.78, 5) is 38.2. The molecule has 6 heteroatoms. The summed E-state index contributed by atoms with van der Waals surface area (Å²) in [5.41, 5.74) is 0. The van der Waals surface area contributed by atoms with E-state index in [1.807, 2.05) is 0 Å². The first-order chi connectivity index (χ1) is 34.0. The Labute approximate surface area is 428 Å². The molecule has 0 fully saturated rings. The van der Waals surface area contributed by atoms with Crippen LogP contribution >= 0.6 is 0 Å². The molecule has 0 N–H and O–H groups in total. The average molecular weight is 968 g/mol. The number of allylic oxidation sites excluding steroid dienone is 8. The second-order valence-corrected chi connectivity index (χ2v) is 20.3. The molecule has 0 saturated carbocycles. The van der Waals surface area contributed by atoms with E-state index in [1.165, 1.54) is 186 Å². The topological polar surface area (TPSA) is 78.9 Å². The summed E-state index contributed by atoms with van der Waals surface area (Å²) in [5.74, 6) is -0.882. The smallest absolute Gasteiger partial charge is 0.306 e. The highest BCUT2D eigenvalue weighted by molar-refractivity contribution is 5.71. The van der Waals surface area contributed by atoms with E-state index < -0.39 is 6.10 Å². The van der Waals surface area contributed by atoms with Crippen molar-refractivity contribution in [2.45, 2.75) is 322 Å². The fraction of sp³-hybridized carbons (Fsp3) is 0.825. The number of esters is 3. The molecule has 0 aliphatic heterocycles. The number of hydrogen-bond acceptors (Lipinski definition) is 6. The maximum Gasteiger partial charge on any atom is 0.306 e. The van der Waals surface area contributed by atoms with Crippen LogP contribution in [-0.2, 0) is 28.6 Å². The van der Waals surface area contributed by atoms with Crippen molar-refractivity contribution < 1.29 is 28.6 Å². The lowest BCUT2D eigenvalue weighted by Crippen LogP contribution is -2.30.